The lowest BCUT2D eigenvalue weighted by molar-refractivity contribution is 0.112. The summed E-state index contributed by atoms with van der Waals surface area (Å²) in [6, 6.07) is 10.3. The topological polar surface area (TPSA) is 54.9 Å². The highest BCUT2D eigenvalue weighted by atomic mass is 35.5. The van der Waals surface area contributed by atoms with Crippen molar-refractivity contribution in [3.05, 3.63) is 52.9 Å². The van der Waals surface area contributed by atoms with Gasteiger partial charge in [0.15, 0.2) is 6.29 Å². The van der Waals surface area contributed by atoms with E-state index in [9.17, 15) is 4.79 Å². The molecule has 2 rings (SSSR count). The Hall–Kier alpha value is -1.94. The molecule has 0 aliphatic heterocycles. The van der Waals surface area contributed by atoms with Crippen LogP contribution in [0.4, 0.5) is 5.82 Å². The number of carbonyl (C=O) groups excluding carboxylic acids is 1. The van der Waals surface area contributed by atoms with Crippen LogP contribution in [0.2, 0.25) is 5.15 Å². The Kier molecular flexibility index (Phi) is 4.91. The van der Waals surface area contributed by atoms with Crippen LogP contribution in [0.25, 0.3) is 0 Å². The minimum Gasteiger partial charge on any atom is -0.364 e. The van der Waals surface area contributed by atoms with E-state index >= 15 is 0 Å². The molecule has 0 atom stereocenters. The first-order valence-electron chi connectivity index (χ1n) is 6.79. The molecule has 0 saturated heterocycles. The van der Waals surface area contributed by atoms with Crippen molar-refractivity contribution < 1.29 is 4.79 Å². The summed E-state index contributed by atoms with van der Waals surface area (Å²) < 4.78 is 0. The van der Waals surface area contributed by atoms with Crippen molar-refractivity contribution in [2.75, 3.05) is 5.32 Å². The zero-order valence-corrected chi connectivity index (χ0v) is 12.9. The van der Waals surface area contributed by atoms with Crippen LogP contribution in [0, 0.1) is 0 Å². The molecule has 0 amide bonds. The van der Waals surface area contributed by atoms with Gasteiger partial charge < -0.3 is 5.32 Å². The molecule has 1 aromatic heterocycles. The van der Waals surface area contributed by atoms with Gasteiger partial charge in [-0.2, -0.15) is 0 Å². The number of hydrogen-bond acceptors (Lipinski definition) is 4. The third kappa shape index (κ3) is 4.26. The molecule has 1 heterocycles. The number of aromatic nitrogens is 2. The number of nitrogens with one attached hydrogen (secondary N) is 1. The quantitative estimate of drug-likeness (QED) is 0.652. The number of anilines is 1. The number of rotatable bonds is 6. The Labute approximate surface area is 129 Å². The normalized spacial score (nSPS) is 11.2. The van der Waals surface area contributed by atoms with E-state index in [0.717, 1.165) is 12.8 Å². The van der Waals surface area contributed by atoms with E-state index in [1.807, 2.05) is 18.2 Å². The maximum Gasteiger partial charge on any atom is 0.156 e. The van der Waals surface area contributed by atoms with Crippen LogP contribution in [-0.2, 0) is 6.42 Å². The second-order valence-corrected chi connectivity index (χ2v) is 5.90. The van der Waals surface area contributed by atoms with Gasteiger partial charge in [-0.1, -0.05) is 41.9 Å². The number of hydrogen-bond donors (Lipinski definition) is 1. The Balaban J connectivity index is 2.07. The lowest BCUT2D eigenvalue weighted by Crippen LogP contribution is -2.32. The van der Waals surface area contributed by atoms with E-state index in [4.69, 9.17) is 11.6 Å². The summed E-state index contributed by atoms with van der Waals surface area (Å²) in [5, 5.41) is 3.45. The number of carbonyl (C=O) groups is 1. The fraction of sp³-hybridized carbons (Fsp3) is 0.312. The van der Waals surface area contributed by atoms with Gasteiger partial charge in [0.05, 0.1) is 5.56 Å². The van der Waals surface area contributed by atoms with E-state index in [-0.39, 0.29) is 10.7 Å². The fourth-order valence-electron chi connectivity index (χ4n) is 2.06. The third-order valence-electron chi connectivity index (χ3n) is 3.29. The van der Waals surface area contributed by atoms with Crippen LogP contribution in [0.5, 0.6) is 0 Å². The molecule has 1 N–H and O–H groups in total. The second-order valence-electron chi connectivity index (χ2n) is 5.54. The van der Waals surface area contributed by atoms with Gasteiger partial charge in [0.2, 0.25) is 0 Å². The van der Waals surface area contributed by atoms with E-state index < -0.39 is 0 Å². The van der Waals surface area contributed by atoms with Gasteiger partial charge in [0, 0.05) is 5.54 Å². The number of benzene rings is 1. The highest BCUT2D eigenvalue weighted by Gasteiger charge is 2.20. The third-order valence-corrected chi connectivity index (χ3v) is 3.59. The first kappa shape index (κ1) is 15.4. The summed E-state index contributed by atoms with van der Waals surface area (Å²) in [6.45, 7) is 4.14. The summed E-state index contributed by atoms with van der Waals surface area (Å²) in [7, 11) is 0. The van der Waals surface area contributed by atoms with E-state index in [2.05, 4.69) is 41.3 Å². The lowest BCUT2D eigenvalue weighted by Gasteiger charge is -2.27. The van der Waals surface area contributed by atoms with Crippen molar-refractivity contribution >= 4 is 23.7 Å². The summed E-state index contributed by atoms with van der Waals surface area (Å²) in [6.07, 6.45) is 3.87. The van der Waals surface area contributed by atoms with Crippen LogP contribution in [0.3, 0.4) is 0 Å². The van der Waals surface area contributed by atoms with Gasteiger partial charge in [-0.3, -0.25) is 4.79 Å². The van der Waals surface area contributed by atoms with Gasteiger partial charge in [0.25, 0.3) is 0 Å². The Morgan fingerprint density at radius 1 is 1.24 bits per heavy atom. The molecular formula is C16H18ClN3O. The predicted molar refractivity (Wildman–Crippen MR) is 84.9 cm³/mol. The molecule has 0 bridgehead atoms. The molecule has 0 aliphatic carbocycles. The van der Waals surface area contributed by atoms with Crippen LogP contribution in [0.1, 0.15) is 36.2 Å². The molecule has 110 valence electrons. The summed E-state index contributed by atoms with van der Waals surface area (Å²) in [5.74, 6) is 0.475. The van der Waals surface area contributed by atoms with Crippen molar-refractivity contribution in [2.24, 2.45) is 0 Å². The Bertz CT molecular complexity index is 614. The summed E-state index contributed by atoms with van der Waals surface area (Å²) >= 11 is 5.91. The van der Waals surface area contributed by atoms with Gasteiger partial charge in [-0.05, 0) is 32.3 Å². The highest BCUT2D eigenvalue weighted by Crippen LogP contribution is 2.23. The molecular weight excluding hydrogens is 286 g/mol. The van der Waals surface area contributed by atoms with Gasteiger partial charge in [0.1, 0.15) is 17.3 Å². The van der Waals surface area contributed by atoms with Crippen LogP contribution in [-0.4, -0.2) is 21.8 Å². The maximum atomic E-state index is 11.1. The first-order chi connectivity index (χ1) is 10.0. The van der Waals surface area contributed by atoms with E-state index in [1.165, 1.54) is 11.9 Å². The molecule has 0 spiro atoms. The minimum absolute atomic E-state index is 0.168. The Morgan fingerprint density at radius 3 is 2.62 bits per heavy atom. The molecule has 0 aliphatic rings. The largest absolute Gasteiger partial charge is 0.364 e. The van der Waals surface area contributed by atoms with Crippen LogP contribution >= 0.6 is 11.6 Å². The zero-order chi connectivity index (χ0) is 15.3. The fourth-order valence-corrected chi connectivity index (χ4v) is 2.24. The Morgan fingerprint density at radius 2 is 1.95 bits per heavy atom. The first-order valence-corrected chi connectivity index (χ1v) is 7.17. The highest BCUT2D eigenvalue weighted by molar-refractivity contribution is 6.32. The van der Waals surface area contributed by atoms with Crippen LogP contribution in [0.15, 0.2) is 36.7 Å². The number of halogens is 1. The maximum absolute atomic E-state index is 11.1. The number of aryl methyl sites for hydroxylation is 1. The second kappa shape index (κ2) is 6.68. The molecule has 21 heavy (non-hydrogen) atoms. The van der Waals surface area contributed by atoms with Crippen molar-refractivity contribution in [2.45, 2.75) is 32.2 Å². The van der Waals surface area contributed by atoms with Gasteiger partial charge >= 0.3 is 0 Å². The molecule has 0 fully saturated rings. The minimum atomic E-state index is -0.217. The average Bonchev–Trinajstić information content (AvgIpc) is 2.46. The number of nitrogens with zero attached hydrogens (tertiary/aromatic N) is 2. The van der Waals surface area contributed by atoms with E-state index in [1.54, 1.807) is 0 Å². The summed E-state index contributed by atoms with van der Waals surface area (Å²) in [5.41, 5.74) is 1.36. The monoisotopic (exact) mass is 303 g/mol. The molecule has 0 saturated carbocycles. The van der Waals surface area contributed by atoms with Crippen molar-refractivity contribution in [1.29, 1.82) is 0 Å². The van der Waals surface area contributed by atoms with Crippen molar-refractivity contribution in [1.82, 2.24) is 9.97 Å². The SMILES string of the molecule is CC(C)(CCc1ccccc1)Nc1ncnc(Cl)c1C=O. The van der Waals surface area contributed by atoms with Crippen LogP contribution < -0.4 is 5.32 Å². The molecule has 4 nitrogen and oxygen atoms in total. The zero-order valence-electron chi connectivity index (χ0n) is 12.1. The lowest BCUT2D eigenvalue weighted by atomic mass is 9.95. The summed E-state index contributed by atoms with van der Waals surface area (Å²) in [4.78, 5) is 19.0. The molecule has 0 unspecified atom stereocenters. The smallest absolute Gasteiger partial charge is 0.156 e. The molecule has 5 heteroatoms. The predicted octanol–water partition coefficient (Wildman–Crippen LogP) is 3.77. The average molecular weight is 304 g/mol. The molecule has 2 aromatic rings. The van der Waals surface area contributed by atoms with Gasteiger partial charge in [-0.25, -0.2) is 9.97 Å². The number of aldehydes is 1. The van der Waals surface area contributed by atoms with E-state index in [0.29, 0.717) is 17.7 Å². The molecule has 0 radical (unpaired) electrons. The molecule has 1 aromatic carbocycles. The van der Waals surface area contributed by atoms with Crippen molar-refractivity contribution in [3.8, 4) is 0 Å². The van der Waals surface area contributed by atoms with Crippen molar-refractivity contribution in [3.63, 3.8) is 0 Å². The standard InChI is InChI=1S/C16H18ClN3O/c1-16(2,9-8-12-6-4-3-5-7-12)20-15-13(10-21)14(17)18-11-19-15/h3-7,10-11H,8-9H2,1-2H3,(H,18,19,20). The van der Waals surface area contributed by atoms with Gasteiger partial charge in [-0.15, -0.1) is 0 Å².